The maximum atomic E-state index is 10.9. The highest BCUT2D eigenvalue weighted by Crippen LogP contribution is 2.31. The summed E-state index contributed by atoms with van der Waals surface area (Å²) in [4.78, 5) is 10.9. The van der Waals surface area contributed by atoms with Crippen LogP contribution in [0.3, 0.4) is 0 Å². The number of carboxylic acid groups (broad SMARTS) is 1. The smallest absolute Gasteiger partial charge is 0.303 e. The first-order valence-electron chi connectivity index (χ1n) is 5.71. The van der Waals surface area contributed by atoms with Crippen molar-refractivity contribution < 1.29 is 9.90 Å². The van der Waals surface area contributed by atoms with Gasteiger partial charge in [-0.2, -0.15) is 0 Å². The summed E-state index contributed by atoms with van der Waals surface area (Å²) >= 11 is 0. The zero-order valence-electron chi connectivity index (χ0n) is 10.4. The van der Waals surface area contributed by atoms with E-state index in [0.29, 0.717) is 5.92 Å². The lowest BCUT2D eigenvalue weighted by Crippen LogP contribution is -2.13. The minimum absolute atomic E-state index is 0.109. The Balaban J connectivity index is 3.10. The number of hydrogen-bond acceptors (Lipinski definition) is 1. The molecule has 1 unspecified atom stereocenters. The fourth-order valence-electron chi connectivity index (χ4n) is 2.07. The normalized spacial score (nSPS) is 12.8. The van der Waals surface area contributed by atoms with Crippen LogP contribution >= 0.6 is 0 Å². The first kappa shape index (κ1) is 12.8. The van der Waals surface area contributed by atoms with Gasteiger partial charge < -0.3 is 5.11 Å². The van der Waals surface area contributed by atoms with Crippen molar-refractivity contribution in [1.29, 1.82) is 0 Å². The number of aryl methyl sites for hydroxylation is 1. The Morgan fingerprint density at radius 3 is 2.44 bits per heavy atom. The molecule has 1 rings (SSSR count). The van der Waals surface area contributed by atoms with E-state index in [4.69, 9.17) is 5.11 Å². The van der Waals surface area contributed by atoms with Gasteiger partial charge in [0.25, 0.3) is 0 Å². The van der Waals surface area contributed by atoms with E-state index in [1.54, 1.807) is 0 Å². The molecular formula is C14H20O2. The number of aliphatic carboxylic acids is 1. The first-order chi connectivity index (χ1) is 7.43. The van der Waals surface area contributed by atoms with Crippen LogP contribution in [0.1, 0.15) is 42.9 Å². The van der Waals surface area contributed by atoms with Gasteiger partial charge in [-0.3, -0.25) is 4.79 Å². The Hall–Kier alpha value is -1.31. The largest absolute Gasteiger partial charge is 0.481 e. The highest BCUT2D eigenvalue weighted by Gasteiger charge is 2.21. The topological polar surface area (TPSA) is 37.3 Å². The van der Waals surface area contributed by atoms with Crippen LogP contribution in [0, 0.1) is 19.8 Å². The summed E-state index contributed by atoms with van der Waals surface area (Å²) in [7, 11) is 0. The maximum Gasteiger partial charge on any atom is 0.303 e. The molecule has 1 aromatic carbocycles. The van der Waals surface area contributed by atoms with Gasteiger partial charge in [0.2, 0.25) is 0 Å². The lowest BCUT2D eigenvalue weighted by atomic mass is 9.82. The van der Waals surface area contributed by atoms with Gasteiger partial charge in [0.1, 0.15) is 0 Å². The van der Waals surface area contributed by atoms with Crippen LogP contribution in [-0.4, -0.2) is 11.1 Å². The molecular weight excluding hydrogens is 200 g/mol. The molecule has 1 aromatic rings. The predicted octanol–water partition coefficient (Wildman–Crippen LogP) is 3.52. The van der Waals surface area contributed by atoms with Gasteiger partial charge in [0.15, 0.2) is 0 Å². The van der Waals surface area contributed by atoms with Gasteiger partial charge in [0, 0.05) is 0 Å². The molecule has 1 atom stereocenters. The molecule has 0 aliphatic carbocycles. The lowest BCUT2D eigenvalue weighted by Gasteiger charge is -2.22. The van der Waals surface area contributed by atoms with E-state index in [0.717, 1.165) is 0 Å². The Morgan fingerprint density at radius 1 is 1.31 bits per heavy atom. The van der Waals surface area contributed by atoms with E-state index in [1.807, 2.05) is 6.07 Å². The van der Waals surface area contributed by atoms with Crippen LogP contribution in [-0.2, 0) is 4.79 Å². The molecule has 0 amide bonds. The molecule has 0 aliphatic heterocycles. The molecule has 0 aliphatic rings. The van der Waals surface area contributed by atoms with Crippen molar-refractivity contribution in [2.75, 3.05) is 0 Å². The molecule has 0 bridgehead atoms. The van der Waals surface area contributed by atoms with E-state index < -0.39 is 5.97 Å². The molecule has 0 radical (unpaired) electrons. The molecule has 1 N–H and O–H groups in total. The monoisotopic (exact) mass is 220 g/mol. The van der Waals surface area contributed by atoms with Gasteiger partial charge in [-0.1, -0.05) is 32.0 Å². The maximum absolute atomic E-state index is 10.9. The number of carboxylic acids is 1. The molecule has 16 heavy (non-hydrogen) atoms. The van der Waals surface area contributed by atoms with Crippen LogP contribution in [0.25, 0.3) is 0 Å². The van der Waals surface area contributed by atoms with E-state index in [-0.39, 0.29) is 12.3 Å². The van der Waals surface area contributed by atoms with Crippen molar-refractivity contribution in [1.82, 2.24) is 0 Å². The van der Waals surface area contributed by atoms with Gasteiger partial charge in [0.05, 0.1) is 6.42 Å². The van der Waals surface area contributed by atoms with E-state index in [9.17, 15) is 4.79 Å². The zero-order valence-corrected chi connectivity index (χ0v) is 10.4. The molecule has 0 spiro atoms. The van der Waals surface area contributed by atoms with Crippen LogP contribution in [0.5, 0.6) is 0 Å². The molecule has 0 saturated carbocycles. The lowest BCUT2D eigenvalue weighted by molar-refractivity contribution is -0.137. The van der Waals surface area contributed by atoms with Gasteiger partial charge in [-0.25, -0.2) is 0 Å². The summed E-state index contributed by atoms with van der Waals surface area (Å²) in [6.07, 6.45) is 0.210. The molecule has 0 heterocycles. The first-order valence-corrected chi connectivity index (χ1v) is 5.71. The third kappa shape index (κ3) is 2.84. The fourth-order valence-corrected chi connectivity index (χ4v) is 2.07. The Morgan fingerprint density at radius 2 is 1.94 bits per heavy atom. The second-order valence-corrected chi connectivity index (χ2v) is 4.74. The van der Waals surface area contributed by atoms with Crippen molar-refractivity contribution in [3.05, 3.63) is 34.9 Å². The van der Waals surface area contributed by atoms with Gasteiger partial charge in [-0.05, 0) is 42.4 Å². The fraction of sp³-hybridized carbons (Fsp3) is 0.500. The van der Waals surface area contributed by atoms with Crippen molar-refractivity contribution in [3.8, 4) is 0 Å². The molecule has 0 fully saturated rings. The molecule has 0 saturated heterocycles. The average Bonchev–Trinajstić information content (AvgIpc) is 2.18. The minimum Gasteiger partial charge on any atom is -0.481 e. The number of carbonyl (C=O) groups is 1. The third-order valence-electron chi connectivity index (χ3n) is 3.25. The number of benzene rings is 1. The molecule has 88 valence electrons. The third-order valence-corrected chi connectivity index (χ3v) is 3.25. The van der Waals surface area contributed by atoms with Crippen LogP contribution in [0.4, 0.5) is 0 Å². The Bertz CT molecular complexity index is 380. The summed E-state index contributed by atoms with van der Waals surface area (Å²) in [6, 6.07) is 6.13. The Labute approximate surface area is 97.3 Å². The van der Waals surface area contributed by atoms with E-state index in [1.165, 1.54) is 16.7 Å². The van der Waals surface area contributed by atoms with Gasteiger partial charge in [-0.15, -0.1) is 0 Å². The second kappa shape index (κ2) is 5.15. The summed E-state index contributed by atoms with van der Waals surface area (Å²) < 4.78 is 0. The van der Waals surface area contributed by atoms with Crippen LogP contribution in [0.15, 0.2) is 18.2 Å². The van der Waals surface area contributed by atoms with Crippen LogP contribution in [0.2, 0.25) is 0 Å². The SMILES string of the molecule is Cc1cccc(C(CC(=O)O)C(C)C)c1C. The predicted molar refractivity (Wildman–Crippen MR) is 65.7 cm³/mol. The molecule has 0 aromatic heterocycles. The molecule has 2 nitrogen and oxygen atoms in total. The quantitative estimate of drug-likeness (QED) is 0.843. The number of hydrogen-bond donors (Lipinski definition) is 1. The summed E-state index contributed by atoms with van der Waals surface area (Å²) in [5.74, 6) is -0.270. The number of rotatable bonds is 4. The summed E-state index contributed by atoms with van der Waals surface area (Å²) in [5.41, 5.74) is 3.63. The van der Waals surface area contributed by atoms with Crippen molar-refractivity contribution in [2.45, 2.75) is 40.0 Å². The summed E-state index contributed by atoms with van der Waals surface area (Å²) in [5, 5.41) is 8.95. The zero-order chi connectivity index (χ0) is 12.3. The second-order valence-electron chi connectivity index (χ2n) is 4.74. The Kier molecular flexibility index (Phi) is 4.11. The highest BCUT2D eigenvalue weighted by atomic mass is 16.4. The van der Waals surface area contributed by atoms with Crippen molar-refractivity contribution in [2.24, 2.45) is 5.92 Å². The summed E-state index contributed by atoms with van der Waals surface area (Å²) in [6.45, 7) is 8.30. The minimum atomic E-state index is -0.723. The van der Waals surface area contributed by atoms with Crippen LogP contribution < -0.4 is 0 Å². The highest BCUT2D eigenvalue weighted by molar-refractivity contribution is 5.68. The van der Waals surface area contributed by atoms with Gasteiger partial charge >= 0.3 is 5.97 Å². The standard InChI is InChI=1S/C14H20O2/c1-9(2)13(8-14(15)16)12-7-5-6-10(3)11(12)4/h5-7,9,13H,8H2,1-4H3,(H,15,16). The van der Waals surface area contributed by atoms with E-state index >= 15 is 0 Å². The average molecular weight is 220 g/mol. The van der Waals surface area contributed by atoms with E-state index in [2.05, 4.69) is 39.8 Å². The van der Waals surface area contributed by atoms with Crippen molar-refractivity contribution in [3.63, 3.8) is 0 Å². The van der Waals surface area contributed by atoms with Crippen molar-refractivity contribution >= 4 is 5.97 Å². The molecule has 2 heteroatoms.